The van der Waals surface area contributed by atoms with Crippen LogP contribution in [0.5, 0.6) is 0 Å². The van der Waals surface area contributed by atoms with Crippen LogP contribution < -0.4 is 11.1 Å². The van der Waals surface area contributed by atoms with Crippen molar-refractivity contribution in [2.45, 2.75) is 31.7 Å². The van der Waals surface area contributed by atoms with Gasteiger partial charge in [-0.05, 0) is 31.7 Å². The van der Waals surface area contributed by atoms with Crippen molar-refractivity contribution in [2.75, 3.05) is 6.54 Å². The van der Waals surface area contributed by atoms with E-state index in [0.29, 0.717) is 17.7 Å². The number of amides is 1. The molecule has 3 N–H and O–H groups in total. The van der Waals surface area contributed by atoms with Crippen LogP contribution in [-0.2, 0) is 0 Å². The molecule has 0 unspecified atom stereocenters. The van der Waals surface area contributed by atoms with Crippen molar-refractivity contribution in [3.05, 3.63) is 39.4 Å². The monoisotopic (exact) mass is 299 g/mol. The number of rotatable bonds is 4. The lowest BCUT2D eigenvalue weighted by Gasteiger charge is -2.38. The van der Waals surface area contributed by atoms with Crippen LogP contribution in [-0.4, -0.2) is 22.9 Å². The minimum Gasteiger partial charge on any atom is -0.350 e. The molecule has 2 rings (SSSR count). The number of hydrogen-bond donors (Lipinski definition) is 2. The van der Waals surface area contributed by atoms with Gasteiger partial charge in [0.2, 0.25) is 0 Å². The summed E-state index contributed by atoms with van der Waals surface area (Å²) in [5.41, 5.74) is 6.68. The quantitative estimate of drug-likeness (QED) is 0.655. The summed E-state index contributed by atoms with van der Waals surface area (Å²) in [5, 5.41) is 13.5. The Morgan fingerprint density at radius 1 is 1.50 bits per heavy atom. The molecule has 0 radical (unpaired) electrons. The van der Waals surface area contributed by atoms with Crippen LogP contribution in [0.3, 0.4) is 0 Å². The highest BCUT2D eigenvalue weighted by molar-refractivity contribution is 5.96. The third kappa shape index (κ3) is 3.46. The Morgan fingerprint density at radius 3 is 2.65 bits per heavy atom. The predicted octanol–water partition coefficient (Wildman–Crippen LogP) is 1.94. The molecule has 1 saturated carbocycles. The van der Waals surface area contributed by atoms with Gasteiger partial charge in [-0.3, -0.25) is 14.9 Å². The second-order valence-corrected chi connectivity index (χ2v) is 5.15. The summed E-state index contributed by atoms with van der Waals surface area (Å²) in [6.45, 7) is 2.16. The molecular formula is C13H18ClN3O3. The molecule has 0 saturated heterocycles. The second-order valence-electron chi connectivity index (χ2n) is 5.15. The molecule has 1 aliphatic rings. The molecule has 0 aliphatic heterocycles. The van der Waals surface area contributed by atoms with Gasteiger partial charge < -0.3 is 11.1 Å². The van der Waals surface area contributed by atoms with Crippen molar-refractivity contribution in [1.82, 2.24) is 5.32 Å². The van der Waals surface area contributed by atoms with Crippen LogP contribution in [0.4, 0.5) is 5.69 Å². The van der Waals surface area contributed by atoms with Gasteiger partial charge in [-0.25, -0.2) is 0 Å². The number of hydrogen-bond acceptors (Lipinski definition) is 4. The number of halogens is 1. The van der Waals surface area contributed by atoms with Gasteiger partial charge in [0, 0.05) is 29.8 Å². The predicted molar refractivity (Wildman–Crippen MR) is 78.2 cm³/mol. The van der Waals surface area contributed by atoms with E-state index in [0.717, 1.165) is 19.3 Å². The molecule has 1 aromatic rings. The van der Waals surface area contributed by atoms with E-state index in [1.165, 1.54) is 12.1 Å². The zero-order valence-corrected chi connectivity index (χ0v) is 12.0. The zero-order chi connectivity index (χ0) is 14.0. The van der Waals surface area contributed by atoms with Crippen LogP contribution in [0.15, 0.2) is 18.2 Å². The van der Waals surface area contributed by atoms with E-state index in [-0.39, 0.29) is 29.5 Å². The Hall–Kier alpha value is -1.66. The van der Waals surface area contributed by atoms with Gasteiger partial charge in [-0.1, -0.05) is 6.07 Å². The summed E-state index contributed by atoms with van der Waals surface area (Å²) in [6.07, 6.45) is 2.89. The normalized spacial score (nSPS) is 15.7. The van der Waals surface area contributed by atoms with Crippen LogP contribution in [0.25, 0.3) is 0 Å². The zero-order valence-electron chi connectivity index (χ0n) is 11.2. The molecule has 6 nitrogen and oxygen atoms in total. The topological polar surface area (TPSA) is 98.3 Å². The van der Waals surface area contributed by atoms with Gasteiger partial charge in [0.05, 0.1) is 4.92 Å². The van der Waals surface area contributed by atoms with Crippen LogP contribution in [0.2, 0.25) is 0 Å². The van der Waals surface area contributed by atoms with E-state index in [9.17, 15) is 14.9 Å². The SMILES string of the molecule is Cc1ccc([N+](=O)[O-])cc1C(=O)NCC1(N)CCC1.Cl. The molecule has 0 bridgehead atoms. The maximum Gasteiger partial charge on any atom is 0.270 e. The smallest absolute Gasteiger partial charge is 0.270 e. The third-order valence-electron chi connectivity index (χ3n) is 3.63. The first-order valence-corrected chi connectivity index (χ1v) is 6.23. The first kappa shape index (κ1) is 16.4. The van der Waals surface area contributed by atoms with Gasteiger partial charge in [-0.2, -0.15) is 0 Å². The Labute approximate surface area is 123 Å². The Bertz CT molecular complexity index is 530. The summed E-state index contributed by atoms with van der Waals surface area (Å²) < 4.78 is 0. The number of non-ortho nitro benzene ring substituents is 1. The number of nitro benzene ring substituents is 1. The van der Waals surface area contributed by atoms with Crippen LogP contribution in [0, 0.1) is 17.0 Å². The summed E-state index contributed by atoms with van der Waals surface area (Å²) in [4.78, 5) is 22.2. The number of benzene rings is 1. The highest BCUT2D eigenvalue weighted by Gasteiger charge is 2.32. The summed E-state index contributed by atoms with van der Waals surface area (Å²) in [6, 6.07) is 4.27. The summed E-state index contributed by atoms with van der Waals surface area (Å²) >= 11 is 0. The molecule has 7 heteroatoms. The maximum atomic E-state index is 12.0. The molecule has 0 atom stereocenters. The number of nitrogens with two attached hydrogens (primary N) is 1. The van der Waals surface area contributed by atoms with Crippen molar-refractivity contribution in [3.63, 3.8) is 0 Å². The standard InChI is InChI=1S/C13H17N3O3.ClH/c1-9-3-4-10(16(18)19)7-11(9)12(17)15-8-13(14)5-2-6-13;/h3-4,7H,2,5-6,8,14H2,1H3,(H,15,17);1H. The van der Waals surface area contributed by atoms with Gasteiger partial charge in [-0.15, -0.1) is 12.4 Å². The minimum atomic E-state index is -0.507. The fraction of sp³-hybridized carbons (Fsp3) is 0.462. The fourth-order valence-corrected chi connectivity index (χ4v) is 2.13. The highest BCUT2D eigenvalue weighted by atomic mass is 35.5. The van der Waals surface area contributed by atoms with Crippen molar-refractivity contribution in [1.29, 1.82) is 0 Å². The molecule has 1 aliphatic carbocycles. The molecule has 1 amide bonds. The van der Waals surface area contributed by atoms with E-state index in [4.69, 9.17) is 5.73 Å². The Balaban J connectivity index is 0.00000200. The number of aryl methyl sites for hydroxylation is 1. The van der Waals surface area contributed by atoms with Crippen LogP contribution >= 0.6 is 12.4 Å². The molecule has 0 heterocycles. The number of carbonyl (C=O) groups is 1. The molecule has 0 spiro atoms. The van der Waals surface area contributed by atoms with Crippen molar-refractivity contribution < 1.29 is 9.72 Å². The van der Waals surface area contributed by atoms with Crippen molar-refractivity contribution in [3.8, 4) is 0 Å². The first-order chi connectivity index (χ1) is 8.91. The number of nitro groups is 1. The summed E-state index contributed by atoms with van der Waals surface area (Å²) in [5.74, 6) is -0.307. The molecule has 110 valence electrons. The van der Waals surface area contributed by atoms with Crippen molar-refractivity contribution >= 4 is 24.0 Å². The average Bonchev–Trinajstić information content (AvgIpc) is 2.34. The average molecular weight is 300 g/mol. The van der Waals surface area contributed by atoms with E-state index in [1.54, 1.807) is 13.0 Å². The van der Waals surface area contributed by atoms with Gasteiger partial charge in [0.25, 0.3) is 11.6 Å². The van der Waals surface area contributed by atoms with Gasteiger partial charge in [0.15, 0.2) is 0 Å². The minimum absolute atomic E-state index is 0. The Morgan fingerprint density at radius 2 is 2.15 bits per heavy atom. The molecule has 1 aromatic carbocycles. The lowest BCUT2D eigenvalue weighted by Crippen LogP contribution is -2.54. The number of carbonyl (C=O) groups excluding carboxylic acids is 1. The Kier molecular flexibility index (Phi) is 5.08. The van der Waals surface area contributed by atoms with Crippen molar-refractivity contribution in [2.24, 2.45) is 5.73 Å². The second kappa shape index (κ2) is 6.19. The number of nitrogens with zero attached hydrogens (tertiary/aromatic N) is 1. The molecule has 0 aromatic heterocycles. The lowest BCUT2D eigenvalue weighted by molar-refractivity contribution is -0.384. The molecule has 1 fully saturated rings. The van der Waals surface area contributed by atoms with E-state index in [1.807, 2.05) is 0 Å². The van der Waals surface area contributed by atoms with E-state index in [2.05, 4.69) is 5.32 Å². The van der Waals surface area contributed by atoms with Gasteiger partial charge in [0.1, 0.15) is 0 Å². The fourth-order valence-electron chi connectivity index (χ4n) is 2.13. The highest BCUT2D eigenvalue weighted by Crippen LogP contribution is 2.28. The maximum absolute atomic E-state index is 12.0. The number of nitrogens with one attached hydrogen (secondary N) is 1. The van der Waals surface area contributed by atoms with E-state index < -0.39 is 4.92 Å². The third-order valence-corrected chi connectivity index (χ3v) is 3.63. The summed E-state index contributed by atoms with van der Waals surface area (Å²) in [7, 11) is 0. The van der Waals surface area contributed by atoms with E-state index >= 15 is 0 Å². The molecular weight excluding hydrogens is 282 g/mol. The van der Waals surface area contributed by atoms with Gasteiger partial charge >= 0.3 is 0 Å². The van der Waals surface area contributed by atoms with Crippen LogP contribution in [0.1, 0.15) is 35.2 Å². The first-order valence-electron chi connectivity index (χ1n) is 6.23. The molecule has 20 heavy (non-hydrogen) atoms. The largest absolute Gasteiger partial charge is 0.350 e. The lowest BCUT2D eigenvalue weighted by atomic mass is 9.78.